The van der Waals surface area contributed by atoms with Gasteiger partial charge in [-0.1, -0.05) is 38.5 Å². The third-order valence-corrected chi connectivity index (χ3v) is 3.85. The molecule has 0 aliphatic carbocycles. The molecular weight excluding hydrogens is 220 g/mol. The summed E-state index contributed by atoms with van der Waals surface area (Å²) in [5, 5.41) is 5.31. The minimum atomic E-state index is 0.418. The molecule has 0 saturated carbocycles. The molecule has 4 heteroatoms. The van der Waals surface area contributed by atoms with Crippen LogP contribution >= 0.6 is 11.8 Å². The largest absolute Gasteiger partial charge is 0.383 e. The highest BCUT2D eigenvalue weighted by atomic mass is 32.2. The predicted octanol–water partition coefficient (Wildman–Crippen LogP) is 2.66. The monoisotopic (exact) mass is 244 g/mol. The molecule has 0 spiro atoms. The van der Waals surface area contributed by atoms with E-state index >= 15 is 0 Å². The molecular formula is C12H24N2OS. The zero-order chi connectivity index (χ0) is 11.8. The molecule has 0 aromatic carbocycles. The first kappa shape index (κ1) is 13.8. The van der Waals surface area contributed by atoms with E-state index in [4.69, 9.17) is 4.74 Å². The number of ether oxygens (including phenoxy) is 1. The average Bonchev–Trinajstić information content (AvgIpc) is 2.67. The maximum atomic E-state index is 5.21. The fourth-order valence-corrected chi connectivity index (χ4v) is 3.09. The van der Waals surface area contributed by atoms with Gasteiger partial charge in [0.05, 0.1) is 19.2 Å². The van der Waals surface area contributed by atoms with E-state index in [-0.39, 0.29) is 0 Å². The maximum Gasteiger partial charge on any atom is 0.157 e. The van der Waals surface area contributed by atoms with Crippen molar-refractivity contribution in [3.63, 3.8) is 0 Å². The molecule has 94 valence electrons. The molecule has 0 saturated heterocycles. The average molecular weight is 244 g/mol. The zero-order valence-electron chi connectivity index (χ0n) is 10.7. The van der Waals surface area contributed by atoms with Crippen LogP contribution in [0.2, 0.25) is 0 Å². The number of methoxy groups -OCH3 is 1. The molecule has 0 radical (unpaired) electrons. The van der Waals surface area contributed by atoms with E-state index in [1.54, 1.807) is 7.11 Å². The number of aliphatic imine (C=N–C) groups is 1. The number of rotatable bonds is 7. The van der Waals surface area contributed by atoms with Crippen LogP contribution in [0.1, 0.15) is 39.5 Å². The molecule has 3 nitrogen and oxygen atoms in total. The van der Waals surface area contributed by atoms with Crippen molar-refractivity contribution in [1.82, 2.24) is 5.32 Å². The lowest BCUT2D eigenvalue weighted by atomic mass is 10.2. The lowest BCUT2D eigenvalue weighted by molar-refractivity contribution is 0.170. The van der Waals surface area contributed by atoms with E-state index in [2.05, 4.69) is 24.2 Å². The molecule has 0 aromatic rings. The fourth-order valence-electron chi connectivity index (χ4n) is 1.89. The standard InChI is InChI=1S/C12H24N2OS/c1-4-6-10(9-15-3)14-12-13-8-11(16-12)7-5-2/h10-11H,4-9H2,1-3H3,(H,13,14). The fraction of sp³-hybridized carbons (Fsp3) is 0.917. The minimum Gasteiger partial charge on any atom is -0.383 e. The summed E-state index contributed by atoms with van der Waals surface area (Å²) in [6.45, 7) is 6.18. The van der Waals surface area contributed by atoms with Crippen LogP contribution in [0.3, 0.4) is 0 Å². The SMILES string of the molecule is CCCC(COC)NC1=NCC(CCC)S1. The van der Waals surface area contributed by atoms with Crippen LogP contribution in [-0.4, -0.2) is 36.7 Å². The van der Waals surface area contributed by atoms with E-state index in [9.17, 15) is 0 Å². The number of hydrogen-bond acceptors (Lipinski definition) is 4. The first-order chi connectivity index (χ1) is 7.80. The van der Waals surface area contributed by atoms with Crippen molar-refractivity contribution in [1.29, 1.82) is 0 Å². The van der Waals surface area contributed by atoms with Crippen LogP contribution in [-0.2, 0) is 4.74 Å². The predicted molar refractivity (Wildman–Crippen MR) is 72.3 cm³/mol. The van der Waals surface area contributed by atoms with E-state index in [0.29, 0.717) is 11.3 Å². The summed E-state index contributed by atoms with van der Waals surface area (Å²) in [6.07, 6.45) is 4.84. The van der Waals surface area contributed by atoms with Crippen LogP contribution in [0.5, 0.6) is 0 Å². The Morgan fingerprint density at radius 1 is 1.50 bits per heavy atom. The highest BCUT2D eigenvalue weighted by molar-refractivity contribution is 8.14. The van der Waals surface area contributed by atoms with Gasteiger partial charge in [-0.05, 0) is 12.8 Å². The number of nitrogens with zero attached hydrogens (tertiary/aromatic N) is 1. The second-order valence-corrected chi connectivity index (χ2v) is 5.55. The lowest BCUT2D eigenvalue weighted by Gasteiger charge is -2.18. The quantitative estimate of drug-likeness (QED) is 0.747. The van der Waals surface area contributed by atoms with Crippen LogP contribution in [0.4, 0.5) is 0 Å². The molecule has 1 aliphatic heterocycles. The van der Waals surface area contributed by atoms with E-state index in [1.165, 1.54) is 19.3 Å². The molecule has 1 aliphatic rings. The maximum absolute atomic E-state index is 5.21. The molecule has 0 amide bonds. The van der Waals surface area contributed by atoms with Crippen molar-refractivity contribution in [2.75, 3.05) is 20.3 Å². The Balaban J connectivity index is 2.30. The molecule has 16 heavy (non-hydrogen) atoms. The number of amidine groups is 1. The van der Waals surface area contributed by atoms with Gasteiger partial charge in [0.25, 0.3) is 0 Å². The minimum absolute atomic E-state index is 0.418. The van der Waals surface area contributed by atoms with Crippen molar-refractivity contribution >= 4 is 16.9 Å². The van der Waals surface area contributed by atoms with Gasteiger partial charge in [0, 0.05) is 12.4 Å². The van der Waals surface area contributed by atoms with Crippen molar-refractivity contribution in [3.8, 4) is 0 Å². The summed E-state index contributed by atoms with van der Waals surface area (Å²) < 4.78 is 5.21. The first-order valence-electron chi connectivity index (χ1n) is 6.26. The Morgan fingerprint density at radius 2 is 2.31 bits per heavy atom. The van der Waals surface area contributed by atoms with Crippen LogP contribution < -0.4 is 5.32 Å². The van der Waals surface area contributed by atoms with Gasteiger partial charge < -0.3 is 10.1 Å². The molecule has 1 heterocycles. The molecule has 2 unspecified atom stereocenters. The van der Waals surface area contributed by atoms with Gasteiger partial charge in [-0.25, -0.2) is 0 Å². The van der Waals surface area contributed by atoms with Gasteiger partial charge in [-0.2, -0.15) is 0 Å². The van der Waals surface area contributed by atoms with Crippen LogP contribution in [0, 0.1) is 0 Å². The number of hydrogen-bond donors (Lipinski definition) is 1. The van der Waals surface area contributed by atoms with Gasteiger partial charge in [0.2, 0.25) is 0 Å². The first-order valence-corrected chi connectivity index (χ1v) is 7.14. The lowest BCUT2D eigenvalue weighted by Crippen LogP contribution is -2.36. The molecule has 2 atom stereocenters. The molecule has 0 bridgehead atoms. The van der Waals surface area contributed by atoms with E-state index in [0.717, 1.165) is 24.7 Å². The Morgan fingerprint density at radius 3 is 2.94 bits per heavy atom. The topological polar surface area (TPSA) is 33.6 Å². The summed E-state index contributed by atoms with van der Waals surface area (Å²) >= 11 is 1.90. The summed E-state index contributed by atoms with van der Waals surface area (Å²) in [5.41, 5.74) is 0. The summed E-state index contributed by atoms with van der Waals surface area (Å²) in [5.74, 6) is 0. The highest BCUT2D eigenvalue weighted by Gasteiger charge is 2.20. The normalized spacial score (nSPS) is 21.9. The third kappa shape index (κ3) is 4.74. The van der Waals surface area contributed by atoms with E-state index in [1.807, 2.05) is 11.8 Å². The Kier molecular flexibility index (Phi) is 6.88. The Hall–Kier alpha value is -0.220. The van der Waals surface area contributed by atoms with Gasteiger partial charge in [0.1, 0.15) is 0 Å². The Labute approximate surface area is 103 Å². The van der Waals surface area contributed by atoms with Crippen molar-refractivity contribution in [3.05, 3.63) is 0 Å². The van der Waals surface area contributed by atoms with Gasteiger partial charge in [-0.3, -0.25) is 4.99 Å². The summed E-state index contributed by atoms with van der Waals surface area (Å²) in [6, 6.07) is 0.418. The smallest absolute Gasteiger partial charge is 0.157 e. The molecule has 0 fully saturated rings. The molecule has 1 rings (SSSR count). The molecule has 0 aromatic heterocycles. The van der Waals surface area contributed by atoms with Crippen LogP contribution in [0.25, 0.3) is 0 Å². The second kappa shape index (κ2) is 7.96. The van der Waals surface area contributed by atoms with Gasteiger partial charge >= 0.3 is 0 Å². The Bertz CT molecular complexity index is 215. The third-order valence-electron chi connectivity index (χ3n) is 2.66. The van der Waals surface area contributed by atoms with Crippen molar-refractivity contribution in [2.45, 2.75) is 50.8 Å². The zero-order valence-corrected chi connectivity index (χ0v) is 11.5. The number of nitrogens with one attached hydrogen (secondary N) is 1. The van der Waals surface area contributed by atoms with Gasteiger partial charge in [-0.15, -0.1) is 0 Å². The van der Waals surface area contributed by atoms with E-state index < -0.39 is 0 Å². The number of thioether (sulfide) groups is 1. The highest BCUT2D eigenvalue weighted by Crippen LogP contribution is 2.23. The van der Waals surface area contributed by atoms with Crippen molar-refractivity contribution < 1.29 is 4.74 Å². The van der Waals surface area contributed by atoms with Crippen LogP contribution in [0.15, 0.2) is 4.99 Å². The summed E-state index contributed by atoms with van der Waals surface area (Å²) in [4.78, 5) is 4.55. The van der Waals surface area contributed by atoms with Crippen molar-refractivity contribution in [2.24, 2.45) is 4.99 Å². The second-order valence-electron chi connectivity index (χ2n) is 4.26. The molecule has 1 N–H and O–H groups in total. The summed E-state index contributed by atoms with van der Waals surface area (Å²) in [7, 11) is 1.76. The van der Waals surface area contributed by atoms with Gasteiger partial charge in [0.15, 0.2) is 5.17 Å².